The molecule has 0 unspecified atom stereocenters. The smallest absolute Gasteiger partial charge is 0.339 e. The standard InChI is InChI=1S/C22H19Br2N3O2/c1-15-3-2-4-19(11-15)26-22(28)27-25-13-16-5-9-20(10-6-16)29-14-17-7-8-18(23)12-21(17)24/h2-13H,14H2,1H3,(H2,26,27,28)/b25-13+. The maximum Gasteiger partial charge on any atom is 0.339 e. The summed E-state index contributed by atoms with van der Waals surface area (Å²) in [6, 6.07) is 20.6. The van der Waals surface area contributed by atoms with Crippen LogP contribution in [0.15, 0.2) is 80.8 Å². The first-order valence-electron chi connectivity index (χ1n) is 8.83. The molecule has 2 amide bonds. The lowest BCUT2D eigenvalue weighted by molar-refractivity contribution is 0.252. The van der Waals surface area contributed by atoms with Gasteiger partial charge < -0.3 is 10.1 Å². The molecular formula is C22H19Br2N3O2. The third kappa shape index (κ3) is 6.73. The number of hydrogen-bond acceptors (Lipinski definition) is 3. The summed E-state index contributed by atoms with van der Waals surface area (Å²) < 4.78 is 7.82. The Kier molecular flexibility index (Phi) is 7.43. The van der Waals surface area contributed by atoms with Gasteiger partial charge in [-0.3, -0.25) is 0 Å². The first-order valence-corrected chi connectivity index (χ1v) is 10.4. The number of aryl methyl sites for hydroxylation is 1. The van der Waals surface area contributed by atoms with Gasteiger partial charge in [-0.15, -0.1) is 0 Å². The van der Waals surface area contributed by atoms with Crippen molar-refractivity contribution in [3.63, 3.8) is 0 Å². The topological polar surface area (TPSA) is 62.7 Å². The number of benzene rings is 3. The molecule has 29 heavy (non-hydrogen) atoms. The maximum atomic E-state index is 11.9. The lowest BCUT2D eigenvalue weighted by Gasteiger charge is -2.08. The number of carbonyl (C=O) groups excluding carboxylic acids is 1. The van der Waals surface area contributed by atoms with Crippen molar-refractivity contribution >= 4 is 49.8 Å². The van der Waals surface area contributed by atoms with Gasteiger partial charge in [0.05, 0.1) is 6.21 Å². The Morgan fingerprint density at radius 3 is 2.59 bits per heavy atom. The van der Waals surface area contributed by atoms with E-state index in [1.807, 2.05) is 73.7 Å². The summed E-state index contributed by atoms with van der Waals surface area (Å²) in [5.74, 6) is 0.752. The molecule has 0 spiro atoms. The molecule has 3 rings (SSSR count). The molecule has 0 fully saturated rings. The zero-order chi connectivity index (χ0) is 20.6. The van der Waals surface area contributed by atoms with Crippen LogP contribution in [-0.4, -0.2) is 12.2 Å². The van der Waals surface area contributed by atoms with Gasteiger partial charge in [0.15, 0.2) is 0 Å². The molecule has 0 aliphatic rings. The highest BCUT2D eigenvalue weighted by atomic mass is 79.9. The van der Waals surface area contributed by atoms with Crippen LogP contribution in [0.1, 0.15) is 16.7 Å². The van der Waals surface area contributed by atoms with Crippen molar-refractivity contribution in [3.05, 3.63) is 92.4 Å². The van der Waals surface area contributed by atoms with Crippen LogP contribution in [0, 0.1) is 6.92 Å². The van der Waals surface area contributed by atoms with E-state index in [0.717, 1.165) is 37.1 Å². The molecule has 0 aliphatic heterocycles. The van der Waals surface area contributed by atoms with Gasteiger partial charge in [-0.1, -0.05) is 50.1 Å². The van der Waals surface area contributed by atoms with Crippen molar-refractivity contribution in [1.82, 2.24) is 5.43 Å². The second-order valence-corrected chi connectivity index (χ2v) is 8.06. The van der Waals surface area contributed by atoms with Gasteiger partial charge in [0, 0.05) is 20.2 Å². The molecule has 0 saturated carbocycles. The van der Waals surface area contributed by atoms with Crippen molar-refractivity contribution in [2.24, 2.45) is 5.10 Å². The Hall–Kier alpha value is -2.64. The molecule has 0 aromatic heterocycles. The largest absolute Gasteiger partial charge is 0.489 e. The quantitative estimate of drug-likeness (QED) is 0.300. The minimum Gasteiger partial charge on any atom is -0.489 e. The van der Waals surface area contributed by atoms with Crippen LogP contribution in [0.4, 0.5) is 10.5 Å². The van der Waals surface area contributed by atoms with Crippen molar-refractivity contribution < 1.29 is 9.53 Å². The van der Waals surface area contributed by atoms with Crippen LogP contribution >= 0.6 is 31.9 Å². The van der Waals surface area contributed by atoms with Crippen molar-refractivity contribution in [1.29, 1.82) is 0 Å². The van der Waals surface area contributed by atoms with E-state index in [-0.39, 0.29) is 0 Å². The number of hydrazone groups is 1. The molecule has 0 bridgehead atoms. The Labute approximate surface area is 186 Å². The van der Waals surface area contributed by atoms with Gasteiger partial charge in [-0.25, -0.2) is 10.2 Å². The van der Waals surface area contributed by atoms with Crippen LogP contribution in [0.3, 0.4) is 0 Å². The Bertz CT molecular complexity index is 1020. The highest BCUT2D eigenvalue weighted by molar-refractivity contribution is 9.11. The van der Waals surface area contributed by atoms with Crippen molar-refractivity contribution in [3.8, 4) is 5.75 Å². The second-order valence-electron chi connectivity index (χ2n) is 6.29. The summed E-state index contributed by atoms with van der Waals surface area (Å²) in [5.41, 5.74) is 6.14. The van der Waals surface area contributed by atoms with Crippen LogP contribution in [-0.2, 0) is 6.61 Å². The Morgan fingerprint density at radius 2 is 1.86 bits per heavy atom. The zero-order valence-corrected chi connectivity index (χ0v) is 18.8. The van der Waals surface area contributed by atoms with E-state index >= 15 is 0 Å². The van der Waals surface area contributed by atoms with Gasteiger partial charge in [0.2, 0.25) is 0 Å². The minimum absolute atomic E-state index is 0.396. The minimum atomic E-state index is -0.396. The summed E-state index contributed by atoms with van der Waals surface area (Å²) in [4.78, 5) is 11.9. The first-order chi connectivity index (χ1) is 14.0. The summed E-state index contributed by atoms with van der Waals surface area (Å²) >= 11 is 6.97. The number of carbonyl (C=O) groups is 1. The number of halogens is 2. The summed E-state index contributed by atoms with van der Waals surface area (Å²) in [6.07, 6.45) is 1.57. The SMILES string of the molecule is Cc1cccc(NC(=O)N/N=C/c2ccc(OCc3ccc(Br)cc3Br)cc2)c1. The van der Waals surface area contributed by atoms with E-state index < -0.39 is 6.03 Å². The molecular weight excluding hydrogens is 498 g/mol. The van der Waals surface area contributed by atoms with Crippen LogP contribution in [0.5, 0.6) is 5.75 Å². The van der Waals surface area contributed by atoms with Gasteiger partial charge in [0.1, 0.15) is 12.4 Å². The Morgan fingerprint density at radius 1 is 1.07 bits per heavy atom. The molecule has 5 nitrogen and oxygen atoms in total. The highest BCUT2D eigenvalue weighted by Crippen LogP contribution is 2.23. The fraction of sp³-hybridized carbons (Fsp3) is 0.0909. The molecule has 3 aromatic rings. The predicted molar refractivity (Wildman–Crippen MR) is 124 cm³/mol. The number of rotatable bonds is 6. The summed E-state index contributed by atoms with van der Waals surface area (Å²) in [7, 11) is 0. The molecule has 2 N–H and O–H groups in total. The number of nitrogens with zero attached hydrogens (tertiary/aromatic N) is 1. The number of ether oxygens (including phenoxy) is 1. The fourth-order valence-corrected chi connectivity index (χ4v) is 3.66. The molecule has 148 valence electrons. The molecule has 3 aromatic carbocycles. The normalized spacial score (nSPS) is 10.7. The summed E-state index contributed by atoms with van der Waals surface area (Å²) in [5, 5.41) is 6.69. The lowest BCUT2D eigenvalue weighted by Crippen LogP contribution is -2.24. The van der Waals surface area contributed by atoms with Crippen molar-refractivity contribution in [2.45, 2.75) is 13.5 Å². The van der Waals surface area contributed by atoms with E-state index in [1.165, 1.54) is 0 Å². The highest BCUT2D eigenvalue weighted by Gasteiger charge is 2.03. The predicted octanol–water partition coefficient (Wildman–Crippen LogP) is 6.25. The average molecular weight is 517 g/mol. The lowest BCUT2D eigenvalue weighted by atomic mass is 10.2. The number of anilines is 1. The first kappa shape index (κ1) is 21.1. The van der Waals surface area contributed by atoms with Crippen LogP contribution < -0.4 is 15.5 Å². The molecule has 0 saturated heterocycles. The van der Waals surface area contributed by atoms with E-state index in [1.54, 1.807) is 6.21 Å². The monoisotopic (exact) mass is 515 g/mol. The van der Waals surface area contributed by atoms with Gasteiger partial charge in [0.25, 0.3) is 0 Å². The molecule has 0 aliphatic carbocycles. The number of urea groups is 1. The molecule has 0 atom stereocenters. The van der Waals surface area contributed by atoms with Gasteiger partial charge >= 0.3 is 6.03 Å². The van der Waals surface area contributed by atoms with E-state index in [4.69, 9.17) is 4.74 Å². The van der Waals surface area contributed by atoms with E-state index in [2.05, 4.69) is 47.7 Å². The fourth-order valence-electron chi connectivity index (χ4n) is 2.50. The molecule has 0 radical (unpaired) electrons. The average Bonchev–Trinajstić information content (AvgIpc) is 2.68. The summed E-state index contributed by atoms with van der Waals surface area (Å²) in [6.45, 7) is 2.42. The number of amides is 2. The number of hydrogen-bond donors (Lipinski definition) is 2. The Balaban J connectivity index is 1.48. The van der Waals surface area contributed by atoms with Gasteiger partial charge in [-0.2, -0.15) is 5.10 Å². The molecule has 7 heteroatoms. The van der Waals surface area contributed by atoms with E-state index in [9.17, 15) is 4.79 Å². The zero-order valence-electron chi connectivity index (χ0n) is 15.7. The third-order valence-corrected chi connectivity index (χ3v) is 5.18. The number of nitrogens with one attached hydrogen (secondary N) is 2. The van der Waals surface area contributed by atoms with Crippen LogP contribution in [0.2, 0.25) is 0 Å². The third-order valence-electron chi connectivity index (χ3n) is 3.95. The van der Waals surface area contributed by atoms with Crippen LogP contribution in [0.25, 0.3) is 0 Å². The van der Waals surface area contributed by atoms with Crippen molar-refractivity contribution in [2.75, 3.05) is 5.32 Å². The second kappa shape index (κ2) is 10.2. The molecule has 0 heterocycles. The van der Waals surface area contributed by atoms with Gasteiger partial charge in [-0.05, 0) is 66.6 Å². The maximum absolute atomic E-state index is 11.9. The van der Waals surface area contributed by atoms with E-state index in [0.29, 0.717) is 6.61 Å².